The molecule has 1 unspecified atom stereocenters. The van der Waals surface area contributed by atoms with Gasteiger partial charge in [-0.3, -0.25) is 5.10 Å². The lowest BCUT2D eigenvalue weighted by molar-refractivity contribution is 0.586. The maximum atomic E-state index is 4.07. The van der Waals surface area contributed by atoms with Gasteiger partial charge in [0.05, 0.1) is 0 Å². The number of aromatic nitrogens is 6. The van der Waals surface area contributed by atoms with Gasteiger partial charge in [0.15, 0.2) is 5.82 Å². The maximum absolute atomic E-state index is 4.07. The van der Waals surface area contributed by atoms with Crippen molar-refractivity contribution >= 4 is 0 Å². The molecule has 2 rings (SSSR count). The maximum Gasteiger partial charge on any atom is 0.157 e. The van der Waals surface area contributed by atoms with Crippen LogP contribution in [0.4, 0.5) is 0 Å². The summed E-state index contributed by atoms with van der Waals surface area (Å²) in [7, 11) is 3.72. The van der Waals surface area contributed by atoms with Gasteiger partial charge in [-0.25, -0.2) is 4.98 Å². The molecule has 0 saturated heterocycles. The Morgan fingerprint density at radius 2 is 2.43 bits per heavy atom. The van der Waals surface area contributed by atoms with Gasteiger partial charge >= 0.3 is 0 Å². The monoisotopic (exact) mass is 193 g/mol. The standard InChI is InChI=1S/C7H11N7/c1-8-5(6-9-3-10-12-6)7-13-11-4-14(7)2/h3-5,8H,1-2H3,(H,9,10,12). The summed E-state index contributed by atoms with van der Waals surface area (Å²) in [6, 6.07) is -0.106. The third-order valence-electron chi connectivity index (χ3n) is 2.00. The largest absolute Gasteiger partial charge is 0.319 e. The molecule has 0 saturated carbocycles. The molecule has 0 aliphatic heterocycles. The minimum absolute atomic E-state index is 0.106. The smallest absolute Gasteiger partial charge is 0.157 e. The van der Waals surface area contributed by atoms with E-state index in [1.54, 1.807) is 6.33 Å². The molecule has 0 aliphatic carbocycles. The molecule has 0 fully saturated rings. The molecular weight excluding hydrogens is 182 g/mol. The lowest BCUT2D eigenvalue weighted by atomic mass is 10.2. The number of nitrogens with zero attached hydrogens (tertiary/aromatic N) is 5. The molecule has 14 heavy (non-hydrogen) atoms. The van der Waals surface area contributed by atoms with Crippen molar-refractivity contribution in [2.75, 3.05) is 7.05 Å². The topological polar surface area (TPSA) is 84.3 Å². The highest BCUT2D eigenvalue weighted by molar-refractivity contribution is 5.07. The molecule has 7 heteroatoms. The Hall–Kier alpha value is -1.76. The fourth-order valence-electron chi connectivity index (χ4n) is 1.30. The predicted octanol–water partition coefficient (Wildman–Crippen LogP) is -0.758. The molecule has 7 nitrogen and oxygen atoms in total. The molecule has 2 heterocycles. The van der Waals surface area contributed by atoms with Gasteiger partial charge in [0.25, 0.3) is 0 Å². The Labute approximate surface area is 80.6 Å². The van der Waals surface area contributed by atoms with Crippen LogP contribution < -0.4 is 5.32 Å². The molecule has 0 aliphatic rings. The van der Waals surface area contributed by atoms with E-state index in [2.05, 4.69) is 30.7 Å². The molecule has 1 atom stereocenters. The zero-order chi connectivity index (χ0) is 9.97. The summed E-state index contributed by atoms with van der Waals surface area (Å²) in [6.45, 7) is 0. The number of H-pyrrole nitrogens is 1. The van der Waals surface area contributed by atoms with Crippen molar-refractivity contribution in [1.29, 1.82) is 0 Å². The summed E-state index contributed by atoms with van der Waals surface area (Å²) in [6.07, 6.45) is 3.12. The Balaban J connectivity index is 2.36. The average Bonchev–Trinajstić information content (AvgIpc) is 2.80. The molecule has 2 aromatic heterocycles. The van der Waals surface area contributed by atoms with E-state index in [1.807, 2.05) is 18.7 Å². The van der Waals surface area contributed by atoms with Gasteiger partial charge < -0.3 is 9.88 Å². The molecule has 0 radical (unpaired) electrons. The highest BCUT2D eigenvalue weighted by atomic mass is 15.3. The second kappa shape index (κ2) is 3.54. The highest BCUT2D eigenvalue weighted by Gasteiger charge is 2.19. The number of rotatable bonds is 3. The Bertz CT molecular complexity index is 390. The van der Waals surface area contributed by atoms with Crippen molar-refractivity contribution in [3.8, 4) is 0 Å². The fourth-order valence-corrected chi connectivity index (χ4v) is 1.30. The van der Waals surface area contributed by atoms with E-state index in [9.17, 15) is 0 Å². The van der Waals surface area contributed by atoms with Crippen LogP contribution in [0.1, 0.15) is 17.7 Å². The highest BCUT2D eigenvalue weighted by Crippen LogP contribution is 2.13. The summed E-state index contributed by atoms with van der Waals surface area (Å²) in [5.74, 6) is 1.52. The average molecular weight is 193 g/mol. The number of aromatic amines is 1. The Kier molecular flexibility index (Phi) is 2.23. The van der Waals surface area contributed by atoms with E-state index < -0.39 is 0 Å². The van der Waals surface area contributed by atoms with E-state index in [4.69, 9.17) is 0 Å². The van der Waals surface area contributed by atoms with E-state index >= 15 is 0 Å². The Morgan fingerprint density at radius 3 is 2.93 bits per heavy atom. The summed E-state index contributed by atoms with van der Waals surface area (Å²) in [4.78, 5) is 4.07. The molecule has 0 bridgehead atoms. The number of hydrogen-bond donors (Lipinski definition) is 2. The minimum atomic E-state index is -0.106. The van der Waals surface area contributed by atoms with Gasteiger partial charge in [-0.05, 0) is 7.05 Å². The summed E-state index contributed by atoms with van der Waals surface area (Å²) in [5, 5.41) is 17.5. The number of hydrogen-bond acceptors (Lipinski definition) is 5. The van der Waals surface area contributed by atoms with Crippen LogP contribution in [0, 0.1) is 0 Å². The normalized spacial score (nSPS) is 13.0. The zero-order valence-corrected chi connectivity index (χ0v) is 7.97. The van der Waals surface area contributed by atoms with Crippen molar-refractivity contribution < 1.29 is 0 Å². The number of nitrogens with one attached hydrogen (secondary N) is 2. The fraction of sp³-hybridized carbons (Fsp3) is 0.429. The van der Waals surface area contributed by atoms with Crippen molar-refractivity contribution in [3.05, 3.63) is 24.3 Å². The van der Waals surface area contributed by atoms with Crippen LogP contribution in [0.2, 0.25) is 0 Å². The van der Waals surface area contributed by atoms with E-state index in [-0.39, 0.29) is 6.04 Å². The van der Waals surface area contributed by atoms with Crippen molar-refractivity contribution in [2.24, 2.45) is 7.05 Å². The van der Waals surface area contributed by atoms with Gasteiger partial charge in [-0.15, -0.1) is 10.2 Å². The summed E-state index contributed by atoms with van der Waals surface area (Å²) >= 11 is 0. The van der Waals surface area contributed by atoms with Crippen LogP contribution in [0.15, 0.2) is 12.7 Å². The number of aryl methyl sites for hydroxylation is 1. The van der Waals surface area contributed by atoms with Crippen molar-refractivity contribution in [3.63, 3.8) is 0 Å². The lowest BCUT2D eigenvalue weighted by Gasteiger charge is -2.11. The first-order valence-corrected chi connectivity index (χ1v) is 4.19. The molecule has 74 valence electrons. The molecular formula is C7H11N7. The van der Waals surface area contributed by atoms with Gasteiger partial charge in [-0.1, -0.05) is 0 Å². The molecule has 2 N–H and O–H groups in total. The molecule has 2 aromatic rings. The lowest BCUT2D eigenvalue weighted by Crippen LogP contribution is -2.22. The van der Waals surface area contributed by atoms with Crippen LogP contribution in [-0.4, -0.2) is 37.0 Å². The first-order valence-electron chi connectivity index (χ1n) is 4.19. The second-order valence-corrected chi connectivity index (χ2v) is 2.89. The van der Waals surface area contributed by atoms with Crippen LogP contribution >= 0.6 is 0 Å². The van der Waals surface area contributed by atoms with Crippen LogP contribution in [0.25, 0.3) is 0 Å². The second-order valence-electron chi connectivity index (χ2n) is 2.89. The third kappa shape index (κ3) is 1.37. The van der Waals surface area contributed by atoms with Gasteiger partial charge in [0.1, 0.15) is 24.5 Å². The van der Waals surface area contributed by atoms with Crippen LogP contribution in [-0.2, 0) is 7.05 Å². The molecule has 0 aromatic carbocycles. The van der Waals surface area contributed by atoms with E-state index in [0.29, 0.717) is 0 Å². The molecule has 0 spiro atoms. The van der Waals surface area contributed by atoms with Gasteiger partial charge in [0, 0.05) is 7.05 Å². The van der Waals surface area contributed by atoms with E-state index in [0.717, 1.165) is 11.6 Å². The minimum Gasteiger partial charge on any atom is -0.319 e. The van der Waals surface area contributed by atoms with Crippen LogP contribution in [0.3, 0.4) is 0 Å². The van der Waals surface area contributed by atoms with Crippen molar-refractivity contribution in [1.82, 2.24) is 35.3 Å². The van der Waals surface area contributed by atoms with E-state index in [1.165, 1.54) is 6.33 Å². The quantitative estimate of drug-likeness (QED) is 0.669. The first kappa shape index (κ1) is 8.82. The first-order chi connectivity index (χ1) is 6.83. The van der Waals surface area contributed by atoms with Crippen LogP contribution in [0.5, 0.6) is 0 Å². The predicted molar refractivity (Wildman–Crippen MR) is 48.3 cm³/mol. The zero-order valence-electron chi connectivity index (χ0n) is 7.97. The van der Waals surface area contributed by atoms with Gasteiger partial charge in [0.2, 0.25) is 0 Å². The summed E-state index contributed by atoms with van der Waals surface area (Å²) < 4.78 is 1.84. The third-order valence-corrected chi connectivity index (χ3v) is 2.00. The Morgan fingerprint density at radius 1 is 1.57 bits per heavy atom. The summed E-state index contributed by atoms with van der Waals surface area (Å²) in [5.41, 5.74) is 0. The van der Waals surface area contributed by atoms with Gasteiger partial charge in [-0.2, -0.15) is 5.10 Å². The van der Waals surface area contributed by atoms with Crippen molar-refractivity contribution in [2.45, 2.75) is 6.04 Å². The molecule has 0 amide bonds. The SMILES string of the molecule is CNC(c1ncn[nH]1)c1nncn1C.